The Labute approximate surface area is 65.6 Å². The zero-order chi connectivity index (χ0) is 8.20. The molecule has 62 valence electrons. The Morgan fingerprint density at radius 1 is 1.50 bits per heavy atom. The molecule has 0 rings (SSSR count). The second-order valence-corrected chi connectivity index (χ2v) is 2.94. The highest BCUT2D eigenvalue weighted by molar-refractivity contribution is 6.04. The lowest BCUT2D eigenvalue weighted by Crippen LogP contribution is -2.52. The third kappa shape index (κ3) is 2.05. The predicted molar refractivity (Wildman–Crippen MR) is 45.0 cm³/mol. The lowest BCUT2D eigenvalue weighted by Gasteiger charge is -2.33. The Morgan fingerprint density at radius 2 is 2.00 bits per heavy atom. The second-order valence-electron chi connectivity index (χ2n) is 2.44. The van der Waals surface area contributed by atoms with Gasteiger partial charge in [-0.3, -0.25) is 0 Å². The highest BCUT2D eigenvalue weighted by Crippen LogP contribution is 2.11. The highest BCUT2D eigenvalue weighted by Gasteiger charge is 2.28. The van der Waals surface area contributed by atoms with E-state index in [1.807, 2.05) is 13.8 Å². The fraction of sp³-hybridized carbons (Fsp3) is 1.00. The van der Waals surface area contributed by atoms with Crippen molar-refractivity contribution < 1.29 is 9.47 Å². The number of hydrogen-bond acceptors (Lipinski definition) is 3. The predicted octanol–water partition coefficient (Wildman–Crippen LogP) is -0.746. The summed E-state index contributed by atoms with van der Waals surface area (Å²) in [5, 5.41) is 0. The monoisotopic (exact) mass is 163 g/mol. The molecule has 0 aromatic rings. The summed E-state index contributed by atoms with van der Waals surface area (Å²) in [6.45, 7) is 3.96. The van der Waals surface area contributed by atoms with Crippen LogP contribution in [0.3, 0.4) is 0 Å². The summed E-state index contributed by atoms with van der Waals surface area (Å²) in [6.07, 6.45) is 0.0787. The lowest BCUT2D eigenvalue weighted by atomic mass is 10.1. The Bertz CT molecular complexity index is 95.7. The lowest BCUT2D eigenvalue weighted by molar-refractivity contribution is -0.105. The van der Waals surface area contributed by atoms with Gasteiger partial charge in [0.25, 0.3) is 0 Å². The van der Waals surface area contributed by atoms with Crippen molar-refractivity contribution in [3.63, 3.8) is 0 Å². The molecule has 0 radical (unpaired) electrons. The zero-order valence-electron chi connectivity index (χ0n) is 7.39. The van der Waals surface area contributed by atoms with Crippen LogP contribution in [0.1, 0.15) is 13.8 Å². The molecule has 2 unspecified atom stereocenters. The van der Waals surface area contributed by atoms with Crippen LogP contribution in [-0.4, -0.2) is 36.5 Å². The van der Waals surface area contributed by atoms with E-state index in [1.54, 1.807) is 14.2 Å². The molecule has 4 heteroatoms. The maximum atomic E-state index is 5.24. The quantitative estimate of drug-likeness (QED) is 0.437. The van der Waals surface area contributed by atoms with E-state index in [-0.39, 0.29) is 11.8 Å². The van der Waals surface area contributed by atoms with E-state index >= 15 is 0 Å². The van der Waals surface area contributed by atoms with Crippen molar-refractivity contribution in [2.24, 2.45) is 0 Å². The van der Waals surface area contributed by atoms with Gasteiger partial charge in [-0.05, 0) is 13.8 Å². The Kier molecular flexibility index (Phi) is 4.11. The molecule has 10 heavy (non-hydrogen) atoms. The zero-order valence-corrected chi connectivity index (χ0v) is 9.39. The van der Waals surface area contributed by atoms with Crippen LogP contribution < -0.4 is 4.98 Å². The van der Waals surface area contributed by atoms with E-state index in [0.717, 1.165) is 10.4 Å². The van der Waals surface area contributed by atoms with Gasteiger partial charge in [0, 0.05) is 14.2 Å². The molecule has 0 aliphatic carbocycles. The van der Waals surface area contributed by atoms with Crippen LogP contribution >= 0.6 is 0 Å². The van der Waals surface area contributed by atoms with Gasteiger partial charge in [-0.2, -0.15) is 0 Å². The average molecular weight is 163 g/mol. The molecule has 0 saturated heterocycles. The van der Waals surface area contributed by atoms with E-state index in [2.05, 4.69) is 4.98 Å². The van der Waals surface area contributed by atoms with Gasteiger partial charge < -0.3 is 14.5 Å². The number of methoxy groups -OCH3 is 2. The summed E-state index contributed by atoms with van der Waals surface area (Å²) in [7, 11) is 4.27. The molecule has 2 atom stereocenters. The molecule has 1 N–H and O–H groups in total. The molecule has 0 aliphatic heterocycles. The van der Waals surface area contributed by atoms with Gasteiger partial charge in [0.05, 0.1) is 16.5 Å². The third-order valence-corrected chi connectivity index (χ3v) is 3.04. The summed E-state index contributed by atoms with van der Waals surface area (Å²) in [5.74, 6) is 0. The van der Waals surface area contributed by atoms with E-state index in [9.17, 15) is 0 Å². The van der Waals surface area contributed by atoms with E-state index in [4.69, 9.17) is 9.47 Å². The molecular formula is C6H17NO2Si. The number of rotatable bonds is 4. The average Bonchev–Trinajstić information content (AvgIpc) is 2.01. The first-order chi connectivity index (χ1) is 4.60. The Morgan fingerprint density at radius 3 is 2.10 bits per heavy atom. The summed E-state index contributed by atoms with van der Waals surface area (Å²) in [4.78, 5) is 3.17. The van der Waals surface area contributed by atoms with Crippen molar-refractivity contribution >= 4 is 10.4 Å². The van der Waals surface area contributed by atoms with Gasteiger partial charge >= 0.3 is 0 Å². The van der Waals surface area contributed by atoms with Crippen molar-refractivity contribution in [2.45, 2.75) is 25.7 Å². The second kappa shape index (κ2) is 4.08. The first-order valence-electron chi connectivity index (χ1n) is 3.37. The largest absolute Gasteiger partial charge is 0.377 e. The first kappa shape index (κ1) is 10.1. The van der Waals surface area contributed by atoms with Gasteiger partial charge in [0.2, 0.25) is 0 Å². The van der Waals surface area contributed by atoms with E-state index < -0.39 is 0 Å². The maximum absolute atomic E-state index is 5.24. The summed E-state index contributed by atoms with van der Waals surface area (Å²) in [5.41, 5.74) is -0.318. The maximum Gasteiger partial charge on any atom is 0.135 e. The molecule has 0 aromatic carbocycles. The molecule has 0 bridgehead atoms. The van der Waals surface area contributed by atoms with Gasteiger partial charge in [0.1, 0.15) is 5.72 Å². The standard InChI is InChI=1S/C6H17NO2Si/c1-5(8-3)6(2,7-10)9-4/h5,7H,1-4,10H3. The van der Waals surface area contributed by atoms with Crippen LogP contribution in [0.4, 0.5) is 0 Å². The smallest absolute Gasteiger partial charge is 0.135 e. The van der Waals surface area contributed by atoms with E-state index in [1.165, 1.54) is 0 Å². The van der Waals surface area contributed by atoms with E-state index in [0.29, 0.717) is 0 Å². The minimum atomic E-state index is -0.318. The van der Waals surface area contributed by atoms with Crippen molar-refractivity contribution in [1.82, 2.24) is 4.98 Å². The number of nitrogens with one attached hydrogen (secondary N) is 1. The summed E-state index contributed by atoms with van der Waals surface area (Å²) >= 11 is 0. The minimum absolute atomic E-state index is 0.0787. The van der Waals surface area contributed by atoms with Crippen molar-refractivity contribution in [1.29, 1.82) is 0 Å². The van der Waals surface area contributed by atoms with Crippen LogP contribution in [0.5, 0.6) is 0 Å². The topological polar surface area (TPSA) is 30.5 Å². The van der Waals surface area contributed by atoms with Crippen LogP contribution in [0.15, 0.2) is 0 Å². The van der Waals surface area contributed by atoms with Crippen LogP contribution in [0, 0.1) is 0 Å². The van der Waals surface area contributed by atoms with Crippen molar-refractivity contribution in [3.8, 4) is 0 Å². The third-order valence-electron chi connectivity index (χ3n) is 2.05. The normalized spacial score (nSPS) is 20.4. The van der Waals surface area contributed by atoms with Crippen molar-refractivity contribution in [3.05, 3.63) is 0 Å². The van der Waals surface area contributed by atoms with Crippen molar-refractivity contribution in [2.75, 3.05) is 14.2 Å². The summed E-state index contributed by atoms with van der Waals surface area (Å²) < 4.78 is 10.4. The molecule has 3 nitrogen and oxygen atoms in total. The van der Waals surface area contributed by atoms with Gasteiger partial charge in [-0.1, -0.05) is 0 Å². The molecule has 0 heterocycles. The van der Waals surface area contributed by atoms with Crippen LogP contribution in [0.2, 0.25) is 0 Å². The number of ether oxygens (including phenoxy) is 2. The first-order valence-corrected chi connectivity index (χ1v) is 4.37. The Hall–Kier alpha value is 0.0969. The van der Waals surface area contributed by atoms with Gasteiger partial charge in [-0.25, -0.2) is 0 Å². The molecule has 0 aliphatic rings. The van der Waals surface area contributed by atoms with Crippen LogP contribution in [-0.2, 0) is 9.47 Å². The fourth-order valence-corrected chi connectivity index (χ4v) is 1.31. The highest BCUT2D eigenvalue weighted by atomic mass is 28.2. The fourth-order valence-electron chi connectivity index (χ4n) is 0.696. The van der Waals surface area contributed by atoms with Crippen LogP contribution in [0.25, 0.3) is 0 Å². The molecule has 0 saturated carbocycles. The molecule has 0 spiro atoms. The molecule has 0 aromatic heterocycles. The molecule has 0 amide bonds. The van der Waals surface area contributed by atoms with Gasteiger partial charge in [0.15, 0.2) is 0 Å². The molecular weight excluding hydrogens is 146 g/mol. The van der Waals surface area contributed by atoms with Gasteiger partial charge in [-0.15, -0.1) is 0 Å². The molecule has 0 fully saturated rings. The summed E-state index contributed by atoms with van der Waals surface area (Å²) in [6, 6.07) is 0. The Balaban J connectivity index is 4.02. The minimum Gasteiger partial charge on any atom is -0.377 e. The number of hydrogen-bond donors (Lipinski definition) is 1. The SMILES string of the molecule is COC(C)C(C)(N[SiH3])OC.